The highest BCUT2D eigenvalue weighted by atomic mass is 32.2. The molecular formula is C16H23NO2S. The Kier molecular flexibility index (Phi) is 5.49. The molecule has 0 N–H and O–H groups in total. The van der Waals surface area contributed by atoms with Gasteiger partial charge in [0.05, 0.1) is 17.8 Å². The molecule has 1 aromatic rings. The standard InChI is InChI=1S/C16H23NO2S/c1-4-9-20-15-8-6-5-7-14(15)16(18)17-10-12(2)19-13(3)11-17/h5-8,12-13H,4,9-11H2,1-3H3. The normalized spacial score (nSPS) is 22.9. The molecule has 2 atom stereocenters. The molecule has 0 aliphatic carbocycles. The Hall–Kier alpha value is -1.00. The molecule has 1 amide bonds. The van der Waals surface area contributed by atoms with Crippen molar-refractivity contribution in [3.63, 3.8) is 0 Å². The van der Waals surface area contributed by atoms with Crippen LogP contribution >= 0.6 is 11.8 Å². The number of hydrogen-bond donors (Lipinski definition) is 0. The van der Waals surface area contributed by atoms with Crippen LogP contribution in [0.15, 0.2) is 29.2 Å². The molecule has 20 heavy (non-hydrogen) atoms. The summed E-state index contributed by atoms with van der Waals surface area (Å²) < 4.78 is 5.70. The average Bonchev–Trinajstić information content (AvgIpc) is 2.43. The van der Waals surface area contributed by atoms with Gasteiger partial charge < -0.3 is 9.64 Å². The maximum Gasteiger partial charge on any atom is 0.255 e. The minimum atomic E-state index is 0.109. The Bertz CT molecular complexity index is 454. The van der Waals surface area contributed by atoms with Crippen LogP contribution in [0.2, 0.25) is 0 Å². The fourth-order valence-electron chi connectivity index (χ4n) is 2.50. The van der Waals surface area contributed by atoms with Gasteiger partial charge in [0, 0.05) is 18.0 Å². The van der Waals surface area contributed by atoms with Crippen LogP contribution in [0.4, 0.5) is 0 Å². The highest BCUT2D eigenvalue weighted by Crippen LogP contribution is 2.25. The van der Waals surface area contributed by atoms with Crippen molar-refractivity contribution < 1.29 is 9.53 Å². The van der Waals surface area contributed by atoms with Crippen LogP contribution < -0.4 is 0 Å². The van der Waals surface area contributed by atoms with Crippen LogP contribution in [0.1, 0.15) is 37.6 Å². The summed E-state index contributed by atoms with van der Waals surface area (Å²) in [5, 5.41) is 0. The molecule has 0 saturated carbocycles. The van der Waals surface area contributed by atoms with Gasteiger partial charge in [0.2, 0.25) is 0 Å². The molecule has 1 heterocycles. The maximum atomic E-state index is 12.7. The number of carbonyl (C=O) groups excluding carboxylic acids is 1. The molecule has 1 aromatic carbocycles. The zero-order valence-corrected chi connectivity index (χ0v) is 13.3. The molecule has 0 radical (unpaired) electrons. The summed E-state index contributed by atoms with van der Waals surface area (Å²) in [7, 11) is 0. The molecule has 4 heteroatoms. The van der Waals surface area contributed by atoms with Gasteiger partial charge in [-0.05, 0) is 38.2 Å². The highest BCUT2D eigenvalue weighted by Gasteiger charge is 2.27. The van der Waals surface area contributed by atoms with Crippen LogP contribution in [0.25, 0.3) is 0 Å². The zero-order valence-electron chi connectivity index (χ0n) is 12.5. The van der Waals surface area contributed by atoms with Crippen LogP contribution in [0, 0.1) is 0 Å². The summed E-state index contributed by atoms with van der Waals surface area (Å²) >= 11 is 1.76. The number of benzene rings is 1. The third-order valence-corrected chi connectivity index (χ3v) is 4.57. The lowest BCUT2D eigenvalue weighted by Gasteiger charge is -2.35. The van der Waals surface area contributed by atoms with Crippen LogP contribution in [0.5, 0.6) is 0 Å². The summed E-state index contributed by atoms with van der Waals surface area (Å²) in [5.74, 6) is 1.17. The molecule has 110 valence electrons. The lowest BCUT2D eigenvalue weighted by atomic mass is 10.1. The van der Waals surface area contributed by atoms with Gasteiger partial charge in [-0.15, -0.1) is 11.8 Å². The van der Waals surface area contributed by atoms with E-state index in [4.69, 9.17) is 4.74 Å². The molecule has 0 aromatic heterocycles. The number of ether oxygens (including phenoxy) is 1. The Morgan fingerprint density at radius 1 is 1.30 bits per heavy atom. The van der Waals surface area contributed by atoms with E-state index >= 15 is 0 Å². The largest absolute Gasteiger partial charge is 0.372 e. The molecule has 3 nitrogen and oxygen atoms in total. The number of amides is 1. The van der Waals surface area contributed by atoms with Gasteiger partial charge in [0.15, 0.2) is 0 Å². The van der Waals surface area contributed by atoms with E-state index in [1.54, 1.807) is 11.8 Å². The van der Waals surface area contributed by atoms with Crippen molar-refractivity contribution in [2.45, 2.75) is 44.3 Å². The molecular weight excluding hydrogens is 270 g/mol. The Morgan fingerprint density at radius 3 is 2.60 bits per heavy atom. The van der Waals surface area contributed by atoms with E-state index in [2.05, 4.69) is 6.92 Å². The second kappa shape index (κ2) is 7.14. The van der Waals surface area contributed by atoms with Gasteiger partial charge in [0.25, 0.3) is 5.91 Å². The first-order valence-corrected chi connectivity index (χ1v) is 8.27. The van der Waals surface area contributed by atoms with E-state index in [1.165, 1.54) is 0 Å². The topological polar surface area (TPSA) is 29.5 Å². The zero-order chi connectivity index (χ0) is 14.5. The fraction of sp³-hybridized carbons (Fsp3) is 0.562. The summed E-state index contributed by atoms with van der Waals surface area (Å²) in [4.78, 5) is 15.7. The third-order valence-electron chi connectivity index (χ3n) is 3.29. The van der Waals surface area contributed by atoms with Crippen LogP contribution in [0.3, 0.4) is 0 Å². The first-order valence-electron chi connectivity index (χ1n) is 7.28. The molecule has 1 saturated heterocycles. The monoisotopic (exact) mass is 293 g/mol. The number of morpholine rings is 1. The van der Waals surface area contributed by atoms with Gasteiger partial charge in [-0.25, -0.2) is 0 Å². The van der Waals surface area contributed by atoms with E-state index in [-0.39, 0.29) is 18.1 Å². The molecule has 2 rings (SSSR count). The first-order chi connectivity index (χ1) is 9.61. The third kappa shape index (κ3) is 3.76. The smallest absolute Gasteiger partial charge is 0.255 e. The lowest BCUT2D eigenvalue weighted by molar-refractivity contribution is -0.0586. The van der Waals surface area contributed by atoms with E-state index < -0.39 is 0 Å². The van der Waals surface area contributed by atoms with Crippen molar-refractivity contribution >= 4 is 17.7 Å². The summed E-state index contributed by atoms with van der Waals surface area (Å²) in [6, 6.07) is 7.92. The molecule has 0 spiro atoms. The number of hydrogen-bond acceptors (Lipinski definition) is 3. The predicted molar refractivity (Wildman–Crippen MR) is 83.4 cm³/mol. The summed E-state index contributed by atoms with van der Waals surface area (Å²) in [5.41, 5.74) is 0.826. The van der Waals surface area contributed by atoms with Gasteiger partial charge in [-0.3, -0.25) is 4.79 Å². The van der Waals surface area contributed by atoms with Gasteiger partial charge in [-0.2, -0.15) is 0 Å². The highest BCUT2D eigenvalue weighted by molar-refractivity contribution is 7.99. The quantitative estimate of drug-likeness (QED) is 0.797. The summed E-state index contributed by atoms with van der Waals surface area (Å²) in [6.07, 6.45) is 1.33. The molecule has 1 aliphatic heterocycles. The van der Waals surface area contributed by atoms with Crippen molar-refractivity contribution in [3.8, 4) is 0 Å². The van der Waals surface area contributed by atoms with Gasteiger partial charge in [-0.1, -0.05) is 19.1 Å². The summed E-state index contributed by atoms with van der Waals surface area (Å²) in [6.45, 7) is 7.55. The van der Waals surface area contributed by atoms with Crippen molar-refractivity contribution in [2.75, 3.05) is 18.8 Å². The number of thioether (sulfide) groups is 1. The Balaban J connectivity index is 2.15. The van der Waals surface area contributed by atoms with E-state index in [0.29, 0.717) is 13.1 Å². The molecule has 2 unspecified atom stereocenters. The van der Waals surface area contributed by atoms with Crippen molar-refractivity contribution in [1.29, 1.82) is 0 Å². The second-order valence-corrected chi connectivity index (χ2v) is 6.45. The first kappa shape index (κ1) is 15.4. The predicted octanol–water partition coefficient (Wildman–Crippen LogP) is 3.44. The minimum Gasteiger partial charge on any atom is -0.372 e. The van der Waals surface area contributed by atoms with Crippen LogP contribution in [-0.2, 0) is 4.74 Å². The van der Waals surface area contributed by atoms with Gasteiger partial charge >= 0.3 is 0 Å². The molecule has 1 fully saturated rings. The van der Waals surface area contributed by atoms with Crippen molar-refractivity contribution in [2.24, 2.45) is 0 Å². The fourth-order valence-corrected chi connectivity index (χ4v) is 3.40. The van der Waals surface area contributed by atoms with E-state index in [1.807, 2.05) is 43.0 Å². The SMILES string of the molecule is CCCSc1ccccc1C(=O)N1CC(C)OC(C)C1. The lowest BCUT2D eigenvalue weighted by Crippen LogP contribution is -2.48. The molecule has 1 aliphatic rings. The van der Waals surface area contributed by atoms with Crippen molar-refractivity contribution in [1.82, 2.24) is 4.90 Å². The number of rotatable bonds is 4. The Labute approximate surface area is 125 Å². The van der Waals surface area contributed by atoms with Crippen LogP contribution in [-0.4, -0.2) is 41.9 Å². The van der Waals surface area contributed by atoms with Crippen molar-refractivity contribution in [3.05, 3.63) is 29.8 Å². The number of carbonyl (C=O) groups is 1. The molecule has 0 bridgehead atoms. The maximum absolute atomic E-state index is 12.7. The number of nitrogens with zero attached hydrogens (tertiary/aromatic N) is 1. The van der Waals surface area contributed by atoms with E-state index in [0.717, 1.165) is 22.6 Å². The second-order valence-electron chi connectivity index (χ2n) is 5.31. The minimum absolute atomic E-state index is 0.109. The Morgan fingerprint density at radius 2 is 1.95 bits per heavy atom. The average molecular weight is 293 g/mol. The van der Waals surface area contributed by atoms with Gasteiger partial charge in [0.1, 0.15) is 0 Å². The van der Waals surface area contributed by atoms with E-state index in [9.17, 15) is 4.79 Å².